The van der Waals surface area contributed by atoms with Crippen molar-refractivity contribution in [3.63, 3.8) is 0 Å². The summed E-state index contributed by atoms with van der Waals surface area (Å²) in [6.45, 7) is 0. The van der Waals surface area contributed by atoms with Gasteiger partial charge in [-0.15, -0.1) is 0 Å². The van der Waals surface area contributed by atoms with Crippen molar-refractivity contribution in [2.75, 3.05) is 12.4 Å². The molecule has 0 aliphatic rings. The quantitative estimate of drug-likeness (QED) is 0.768. The molecule has 0 aliphatic carbocycles. The van der Waals surface area contributed by atoms with Crippen LogP contribution in [-0.4, -0.2) is 28.0 Å². The van der Waals surface area contributed by atoms with Gasteiger partial charge in [0.25, 0.3) is 0 Å². The number of aromatic nitrogens is 3. The summed E-state index contributed by atoms with van der Waals surface area (Å²) >= 11 is 0. The fourth-order valence-corrected chi connectivity index (χ4v) is 2.14. The lowest BCUT2D eigenvalue weighted by Crippen LogP contribution is -2.14. The average molecular weight is 282 g/mol. The third kappa shape index (κ3) is 2.84. The standard InChI is InChI=1S/C15H14N4O2/c1-21-15-17-8-11(9-18-15)19-14(20)6-10-7-16-13-5-3-2-4-12(10)13/h2-5,7-9,16H,6H2,1H3,(H,19,20). The number of ether oxygens (including phenoxy) is 1. The van der Waals surface area contributed by atoms with Crippen molar-refractivity contribution in [1.29, 1.82) is 0 Å². The molecule has 0 spiro atoms. The van der Waals surface area contributed by atoms with Crippen LogP contribution in [0, 0.1) is 0 Å². The number of carbonyl (C=O) groups excluding carboxylic acids is 1. The van der Waals surface area contributed by atoms with Crippen LogP contribution in [0.5, 0.6) is 6.01 Å². The first-order chi connectivity index (χ1) is 10.3. The molecular formula is C15H14N4O2. The van der Waals surface area contributed by atoms with Crippen LogP contribution < -0.4 is 10.1 Å². The second-order valence-electron chi connectivity index (χ2n) is 4.54. The largest absolute Gasteiger partial charge is 0.467 e. The Bertz CT molecular complexity index is 765. The molecule has 0 bridgehead atoms. The van der Waals surface area contributed by atoms with Crippen LogP contribution in [0.4, 0.5) is 5.69 Å². The van der Waals surface area contributed by atoms with Gasteiger partial charge < -0.3 is 15.0 Å². The fraction of sp³-hybridized carbons (Fsp3) is 0.133. The van der Waals surface area contributed by atoms with Crippen molar-refractivity contribution in [3.05, 3.63) is 48.4 Å². The molecule has 1 amide bonds. The van der Waals surface area contributed by atoms with Gasteiger partial charge in [0, 0.05) is 17.1 Å². The Morgan fingerprint density at radius 2 is 2.05 bits per heavy atom. The highest BCUT2D eigenvalue weighted by molar-refractivity contribution is 5.95. The number of rotatable bonds is 4. The summed E-state index contributed by atoms with van der Waals surface area (Å²) in [5.41, 5.74) is 2.52. The zero-order chi connectivity index (χ0) is 14.7. The molecule has 2 N–H and O–H groups in total. The van der Waals surface area contributed by atoms with Gasteiger partial charge >= 0.3 is 6.01 Å². The number of benzene rings is 1. The Kier molecular flexibility index (Phi) is 3.51. The predicted octanol–water partition coefficient (Wildman–Crippen LogP) is 2.15. The molecule has 0 saturated heterocycles. The topological polar surface area (TPSA) is 79.9 Å². The maximum absolute atomic E-state index is 12.1. The highest BCUT2D eigenvalue weighted by Gasteiger charge is 2.09. The summed E-state index contributed by atoms with van der Waals surface area (Å²) in [6, 6.07) is 8.15. The molecule has 6 nitrogen and oxygen atoms in total. The second-order valence-corrected chi connectivity index (χ2v) is 4.54. The van der Waals surface area contributed by atoms with Gasteiger partial charge in [0.15, 0.2) is 0 Å². The number of aromatic amines is 1. The van der Waals surface area contributed by atoms with E-state index in [0.29, 0.717) is 5.69 Å². The second kappa shape index (κ2) is 5.62. The summed E-state index contributed by atoms with van der Waals surface area (Å²) < 4.78 is 4.87. The monoisotopic (exact) mass is 282 g/mol. The molecule has 3 aromatic rings. The molecule has 21 heavy (non-hydrogen) atoms. The van der Waals surface area contributed by atoms with Crippen molar-refractivity contribution in [2.24, 2.45) is 0 Å². The third-order valence-electron chi connectivity index (χ3n) is 3.12. The number of amides is 1. The molecule has 1 aromatic carbocycles. The summed E-state index contributed by atoms with van der Waals surface area (Å²) in [6.07, 6.45) is 5.17. The van der Waals surface area contributed by atoms with Gasteiger partial charge in [-0.3, -0.25) is 4.79 Å². The molecule has 3 rings (SSSR count). The van der Waals surface area contributed by atoms with Crippen molar-refractivity contribution < 1.29 is 9.53 Å². The lowest BCUT2D eigenvalue weighted by atomic mass is 10.1. The minimum absolute atomic E-state index is 0.117. The first-order valence-electron chi connectivity index (χ1n) is 6.47. The highest BCUT2D eigenvalue weighted by Crippen LogP contribution is 2.18. The highest BCUT2D eigenvalue weighted by atomic mass is 16.5. The number of anilines is 1. The Morgan fingerprint density at radius 1 is 1.29 bits per heavy atom. The molecule has 0 radical (unpaired) electrons. The number of methoxy groups -OCH3 is 1. The van der Waals surface area contributed by atoms with E-state index in [-0.39, 0.29) is 18.3 Å². The van der Waals surface area contributed by atoms with Gasteiger partial charge in [0.05, 0.1) is 31.6 Å². The maximum Gasteiger partial charge on any atom is 0.316 e. The summed E-state index contributed by atoms with van der Waals surface area (Å²) in [4.78, 5) is 23.1. The van der Waals surface area contributed by atoms with Gasteiger partial charge in [0.1, 0.15) is 0 Å². The lowest BCUT2D eigenvalue weighted by molar-refractivity contribution is -0.115. The summed E-state index contributed by atoms with van der Waals surface area (Å²) in [7, 11) is 1.49. The van der Waals surface area contributed by atoms with Crippen LogP contribution >= 0.6 is 0 Å². The molecule has 0 aliphatic heterocycles. The van der Waals surface area contributed by atoms with E-state index in [4.69, 9.17) is 4.74 Å². The zero-order valence-electron chi connectivity index (χ0n) is 11.5. The van der Waals surface area contributed by atoms with E-state index in [1.165, 1.54) is 19.5 Å². The van der Waals surface area contributed by atoms with Crippen molar-refractivity contribution in [2.45, 2.75) is 6.42 Å². The van der Waals surface area contributed by atoms with Crippen LogP contribution in [-0.2, 0) is 11.2 Å². The molecule has 0 atom stereocenters. The maximum atomic E-state index is 12.1. The Balaban J connectivity index is 1.71. The first kappa shape index (κ1) is 13.1. The molecule has 0 unspecified atom stereocenters. The van der Waals surface area contributed by atoms with Crippen LogP contribution in [0.25, 0.3) is 10.9 Å². The number of nitrogens with zero attached hydrogens (tertiary/aromatic N) is 2. The molecule has 6 heteroatoms. The van der Waals surface area contributed by atoms with Crippen LogP contribution in [0.15, 0.2) is 42.9 Å². The van der Waals surface area contributed by atoms with E-state index in [2.05, 4.69) is 20.3 Å². The van der Waals surface area contributed by atoms with Crippen LogP contribution in [0.1, 0.15) is 5.56 Å². The first-order valence-corrected chi connectivity index (χ1v) is 6.47. The van der Waals surface area contributed by atoms with Gasteiger partial charge in [-0.25, -0.2) is 9.97 Å². The molecule has 106 valence electrons. The van der Waals surface area contributed by atoms with E-state index in [9.17, 15) is 4.79 Å². The SMILES string of the molecule is COc1ncc(NC(=O)Cc2c[nH]c3ccccc23)cn1. The molecular weight excluding hydrogens is 268 g/mol. The minimum atomic E-state index is -0.117. The number of para-hydroxylation sites is 1. The zero-order valence-corrected chi connectivity index (χ0v) is 11.5. The number of H-pyrrole nitrogens is 1. The molecule has 0 fully saturated rings. The Labute approximate surface area is 121 Å². The number of fused-ring (bicyclic) bond motifs is 1. The van der Waals surface area contributed by atoms with E-state index in [0.717, 1.165) is 16.5 Å². The van der Waals surface area contributed by atoms with E-state index < -0.39 is 0 Å². The van der Waals surface area contributed by atoms with Crippen molar-refractivity contribution >= 4 is 22.5 Å². The van der Waals surface area contributed by atoms with Crippen LogP contribution in [0.2, 0.25) is 0 Å². The normalized spacial score (nSPS) is 10.5. The van der Waals surface area contributed by atoms with Crippen molar-refractivity contribution in [3.8, 4) is 6.01 Å². The van der Waals surface area contributed by atoms with Gasteiger partial charge in [-0.2, -0.15) is 0 Å². The Morgan fingerprint density at radius 3 is 2.81 bits per heavy atom. The molecule has 0 saturated carbocycles. The number of hydrogen-bond donors (Lipinski definition) is 2. The van der Waals surface area contributed by atoms with E-state index in [1.807, 2.05) is 30.5 Å². The molecule has 2 heterocycles. The predicted molar refractivity (Wildman–Crippen MR) is 79.2 cm³/mol. The number of carbonyl (C=O) groups is 1. The van der Waals surface area contributed by atoms with Gasteiger partial charge in [0.2, 0.25) is 5.91 Å². The van der Waals surface area contributed by atoms with Crippen LogP contribution in [0.3, 0.4) is 0 Å². The van der Waals surface area contributed by atoms with Gasteiger partial charge in [-0.05, 0) is 11.6 Å². The minimum Gasteiger partial charge on any atom is -0.467 e. The Hall–Kier alpha value is -2.89. The van der Waals surface area contributed by atoms with E-state index in [1.54, 1.807) is 0 Å². The average Bonchev–Trinajstić information content (AvgIpc) is 2.91. The van der Waals surface area contributed by atoms with Crippen molar-refractivity contribution in [1.82, 2.24) is 15.0 Å². The smallest absolute Gasteiger partial charge is 0.316 e. The number of hydrogen-bond acceptors (Lipinski definition) is 4. The lowest BCUT2D eigenvalue weighted by Gasteiger charge is -2.04. The third-order valence-corrected chi connectivity index (χ3v) is 3.12. The number of nitrogens with one attached hydrogen (secondary N) is 2. The fourth-order valence-electron chi connectivity index (χ4n) is 2.14. The van der Waals surface area contributed by atoms with E-state index >= 15 is 0 Å². The van der Waals surface area contributed by atoms with Gasteiger partial charge in [-0.1, -0.05) is 18.2 Å². The summed E-state index contributed by atoms with van der Waals surface area (Å²) in [5.74, 6) is -0.117. The molecule has 2 aromatic heterocycles. The summed E-state index contributed by atoms with van der Waals surface area (Å²) in [5, 5.41) is 3.82.